The van der Waals surface area contributed by atoms with Gasteiger partial charge in [-0.25, -0.2) is 4.79 Å². The van der Waals surface area contributed by atoms with E-state index in [4.69, 9.17) is 15.2 Å². The molecule has 0 aliphatic heterocycles. The van der Waals surface area contributed by atoms with E-state index in [9.17, 15) is 4.79 Å². The van der Waals surface area contributed by atoms with Crippen molar-refractivity contribution in [2.75, 3.05) is 37.9 Å². The number of nitrogens with zero attached hydrogens (tertiary/aromatic N) is 1. The van der Waals surface area contributed by atoms with Gasteiger partial charge in [-0.15, -0.1) is 0 Å². The van der Waals surface area contributed by atoms with E-state index < -0.39 is 5.97 Å². The number of esters is 1. The maximum Gasteiger partial charge on any atom is 0.344 e. The first-order chi connectivity index (χ1) is 8.70. The van der Waals surface area contributed by atoms with E-state index in [-0.39, 0.29) is 5.82 Å². The number of aromatic nitrogens is 1. The number of ether oxygens (including phenoxy) is 2. The Labute approximate surface area is 111 Å². The topological polar surface area (TPSA) is 86.5 Å². The number of nitrogens with two attached hydrogens (primary N) is 1. The highest BCUT2D eigenvalue weighted by Crippen LogP contribution is 2.27. The molecule has 1 rings (SSSR count). The molecule has 1 aromatic heterocycles. The number of carbonyl (C=O) groups is 1. The van der Waals surface area contributed by atoms with Crippen molar-refractivity contribution in [2.24, 2.45) is 0 Å². The van der Waals surface area contributed by atoms with E-state index in [1.807, 2.05) is 0 Å². The number of methoxy groups -OCH3 is 1. The summed E-state index contributed by atoms with van der Waals surface area (Å²) in [7, 11) is 1.68. The predicted octanol–water partition coefficient (Wildman–Crippen LogP) is 1.74. The zero-order chi connectivity index (χ0) is 13.4. The molecule has 1 aromatic rings. The lowest BCUT2D eigenvalue weighted by molar-refractivity contribution is 0.0529. The molecule has 6 nitrogen and oxygen atoms in total. The zero-order valence-electron chi connectivity index (χ0n) is 10.7. The molecule has 18 heavy (non-hydrogen) atoms. The van der Waals surface area contributed by atoms with Crippen LogP contribution in [0.3, 0.4) is 0 Å². The van der Waals surface area contributed by atoms with Crippen molar-refractivity contribution in [1.82, 2.24) is 4.37 Å². The Morgan fingerprint density at radius 1 is 1.50 bits per heavy atom. The fraction of sp³-hybridized carbons (Fsp3) is 0.636. The number of hydrogen-bond donors (Lipinski definition) is 2. The average Bonchev–Trinajstić information content (AvgIpc) is 2.71. The largest absolute Gasteiger partial charge is 0.462 e. The van der Waals surface area contributed by atoms with Crippen molar-refractivity contribution >= 4 is 28.3 Å². The maximum atomic E-state index is 11.7. The van der Waals surface area contributed by atoms with E-state index in [2.05, 4.69) is 9.69 Å². The van der Waals surface area contributed by atoms with Gasteiger partial charge in [-0.05, 0) is 31.3 Å². The quantitative estimate of drug-likeness (QED) is 0.554. The molecule has 0 saturated heterocycles. The number of nitrogens with one attached hydrogen (secondary N) is 1. The molecular formula is C11H19N3O3S. The molecular weight excluding hydrogens is 254 g/mol. The van der Waals surface area contributed by atoms with E-state index in [1.165, 1.54) is 11.5 Å². The highest BCUT2D eigenvalue weighted by molar-refractivity contribution is 7.11. The molecule has 0 saturated carbocycles. The summed E-state index contributed by atoms with van der Waals surface area (Å²) in [6, 6.07) is 0. The summed E-state index contributed by atoms with van der Waals surface area (Å²) in [5.41, 5.74) is 6.00. The summed E-state index contributed by atoms with van der Waals surface area (Å²) in [5, 5.41) is 3.82. The van der Waals surface area contributed by atoms with Crippen LogP contribution in [0.15, 0.2) is 0 Å². The Hall–Kier alpha value is -1.34. The van der Waals surface area contributed by atoms with E-state index >= 15 is 0 Å². The van der Waals surface area contributed by atoms with Gasteiger partial charge in [-0.3, -0.25) is 0 Å². The lowest BCUT2D eigenvalue weighted by Crippen LogP contribution is -2.10. The van der Waals surface area contributed by atoms with Crippen LogP contribution in [0, 0.1) is 0 Å². The minimum absolute atomic E-state index is 0.220. The van der Waals surface area contributed by atoms with Crippen LogP contribution >= 0.6 is 11.5 Å². The Kier molecular flexibility index (Phi) is 6.45. The van der Waals surface area contributed by atoms with Gasteiger partial charge >= 0.3 is 5.97 Å². The molecule has 7 heteroatoms. The molecule has 0 unspecified atom stereocenters. The summed E-state index contributed by atoms with van der Waals surface area (Å²) in [4.78, 5) is 11.7. The van der Waals surface area contributed by atoms with Gasteiger partial charge in [0, 0.05) is 20.3 Å². The Morgan fingerprint density at radius 2 is 2.28 bits per heavy atom. The van der Waals surface area contributed by atoms with E-state index in [0.717, 1.165) is 26.0 Å². The van der Waals surface area contributed by atoms with Gasteiger partial charge in [0.1, 0.15) is 10.6 Å². The molecule has 0 aliphatic carbocycles. The number of hydrogen-bond acceptors (Lipinski definition) is 7. The molecule has 0 radical (unpaired) electrons. The molecule has 1 heterocycles. The number of nitrogen functional groups attached to an aromatic ring is 1. The van der Waals surface area contributed by atoms with Gasteiger partial charge in [0.2, 0.25) is 0 Å². The highest BCUT2D eigenvalue weighted by atomic mass is 32.1. The summed E-state index contributed by atoms with van der Waals surface area (Å²) in [5.74, 6) is -0.207. The van der Waals surface area contributed by atoms with E-state index in [0.29, 0.717) is 17.2 Å². The second kappa shape index (κ2) is 7.88. The first-order valence-corrected chi connectivity index (χ1v) is 6.63. The zero-order valence-corrected chi connectivity index (χ0v) is 11.5. The normalized spacial score (nSPS) is 10.3. The Balaban J connectivity index is 2.52. The van der Waals surface area contributed by atoms with Crippen molar-refractivity contribution < 1.29 is 14.3 Å². The van der Waals surface area contributed by atoms with Crippen molar-refractivity contribution in [3.63, 3.8) is 0 Å². The predicted molar refractivity (Wildman–Crippen MR) is 72.1 cm³/mol. The number of unbranched alkanes of at least 4 members (excludes halogenated alkanes) is 1. The summed E-state index contributed by atoms with van der Waals surface area (Å²) >= 11 is 1.18. The lowest BCUT2D eigenvalue weighted by atomic mass is 10.3. The standard InChI is InChI=1S/C11H19N3O3S/c1-3-17-11(15)8-9(12)14-18-10(8)13-6-4-5-7-16-2/h13H,3-7H2,1-2H3,(H2,12,14). The van der Waals surface area contributed by atoms with Crippen molar-refractivity contribution in [3.05, 3.63) is 5.56 Å². The SMILES string of the molecule is CCOC(=O)c1c(N)nsc1NCCCCOC. The van der Waals surface area contributed by atoms with Gasteiger partial charge < -0.3 is 20.5 Å². The number of anilines is 2. The van der Waals surface area contributed by atoms with Crippen LogP contribution in [0.25, 0.3) is 0 Å². The maximum absolute atomic E-state index is 11.7. The smallest absolute Gasteiger partial charge is 0.344 e. The van der Waals surface area contributed by atoms with Crippen molar-refractivity contribution in [2.45, 2.75) is 19.8 Å². The van der Waals surface area contributed by atoms with E-state index in [1.54, 1.807) is 14.0 Å². The van der Waals surface area contributed by atoms with Gasteiger partial charge in [0.15, 0.2) is 5.82 Å². The second-order valence-electron chi connectivity index (χ2n) is 3.62. The van der Waals surface area contributed by atoms with Crippen LogP contribution in [0.1, 0.15) is 30.1 Å². The molecule has 0 bridgehead atoms. The summed E-state index contributed by atoms with van der Waals surface area (Å²) < 4.78 is 13.9. The van der Waals surface area contributed by atoms with Crippen molar-refractivity contribution in [3.8, 4) is 0 Å². The molecule has 0 spiro atoms. The monoisotopic (exact) mass is 273 g/mol. The molecule has 0 atom stereocenters. The van der Waals surface area contributed by atoms with Crippen LogP contribution in [0.4, 0.5) is 10.8 Å². The van der Waals surface area contributed by atoms with Gasteiger partial charge in [0.05, 0.1) is 6.61 Å². The fourth-order valence-corrected chi connectivity index (χ4v) is 2.12. The van der Waals surface area contributed by atoms with Crippen LogP contribution < -0.4 is 11.1 Å². The third-order valence-corrected chi connectivity index (χ3v) is 3.08. The van der Waals surface area contributed by atoms with Crippen LogP contribution in [0.5, 0.6) is 0 Å². The second-order valence-corrected chi connectivity index (χ2v) is 4.39. The van der Waals surface area contributed by atoms with Crippen LogP contribution in [0.2, 0.25) is 0 Å². The Bertz CT molecular complexity index is 382. The fourth-order valence-electron chi connectivity index (χ4n) is 1.40. The van der Waals surface area contributed by atoms with Crippen molar-refractivity contribution in [1.29, 1.82) is 0 Å². The van der Waals surface area contributed by atoms with Gasteiger partial charge in [0.25, 0.3) is 0 Å². The Morgan fingerprint density at radius 3 is 2.94 bits per heavy atom. The molecule has 0 aromatic carbocycles. The van der Waals surface area contributed by atoms with Crippen LogP contribution in [-0.4, -0.2) is 37.2 Å². The first-order valence-electron chi connectivity index (χ1n) is 5.85. The molecule has 0 aliphatic rings. The van der Waals surface area contributed by atoms with Crippen LogP contribution in [-0.2, 0) is 9.47 Å². The molecule has 0 amide bonds. The third kappa shape index (κ3) is 4.15. The summed E-state index contributed by atoms with van der Waals surface area (Å²) in [6.07, 6.45) is 1.92. The molecule has 102 valence electrons. The minimum atomic E-state index is -0.428. The average molecular weight is 273 g/mol. The minimum Gasteiger partial charge on any atom is -0.462 e. The number of rotatable bonds is 8. The summed E-state index contributed by atoms with van der Waals surface area (Å²) in [6.45, 7) is 3.56. The third-order valence-electron chi connectivity index (χ3n) is 2.26. The number of carbonyl (C=O) groups excluding carboxylic acids is 1. The first kappa shape index (κ1) is 14.7. The lowest BCUT2D eigenvalue weighted by Gasteiger charge is -2.06. The highest BCUT2D eigenvalue weighted by Gasteiger charge is 2.19. The molecule has 3 N–H and O–H groups in total. The molecule has 0 fully saturated rings. The van der Waals surface area contributed by atoms with Gasteiger partial charge in [-0.1, -0.05) is 0 Å². The van der Waals surface area contributed by atoms with Gasteiger partial charge in [-0.2, -0.15) is 4.37 Å².